The van der Waals surface area contributed by atoms with Crippen LogP contribution in [0.25, 0.3) is 0 Å². The second-order valence-corrected chi connectivity index (χ2v) is 6.20. The summed E-state index contributed by atoms with van der Waals surface area (Å²) in [6.45, 7) is 3.24. The highest BCUT2D eigenvalue weighted by atomic mass is 35.5. The topological polar surface area (TPSA) is 50.2 Å². The van der Waals surface area contributed by atoms with Crippen molar-refractivity contribution in [2.75, 3.05) is 26.2 Å². The van der Waals surface area contributed by atoms with Gasteiger partial charge in [0.15, 0.2) is 5.69 Å². The van der Waals surface area contributed by atoms with Crippen molar-refractivity contribution in [3.05, 3.63) is 18.0 Å². The van der Waals surface area contributed by atoms with Crippen LogP contribution in [0.3, 0.4) is 0 Å². The summed E-state index contributed by atoms with van der Waals surface area (Å²) in [5, 5.41) is 6.78. The molecule has 1 spiro atoms. The summed E-state index contributed by atoms with van der Waals surface area (Å²) < 4.78 is 38.5. The Hall–Kier alpha value is -1.28. The molecule has 2 fully saturated rings. The summed E-state index contributed by atoms with van der Waals surface area (Å²) >= 11 is 0. The van der Waals surface area contributed by atoms with E-state index >= 15 is 0 Å². The molecule has 0 bridgehead atoms. The molecule has 0 aliphatic carbocycles. The van der Waals surface area contributed by atoms with Crippen LogP contribution in [0, 0.1) is 5.41 Å². The fourth-order valence-electron chi connectivity index (χ4n) is 3.29. The molecule has 3 rings (SSSR count). The van der Waals surface area contributed by atoms with Crippen molar-refractivity contribution >= 4 is 18.3 Å². The minimum atomic E-state index is -4.47. The van der Waals surface area contributed by atoms with Crippen LogP contribution in [0.2, 0.25) is 0 Å². The lowest BCUT2D eigenvalue weighted by Gasteiger charge is -2.38. The molecule has 1 aromatic rings. The minimum Gasteiger partial charge on any atom is -0.341 e. The Morgan fingerprint density at radius 3 is 2.52 bits per heavy atom. The van der Waals surface area contributed by atoms with E-state index in [9.17, 15) is 18.0 Å². The van der Waals surface area contributed by atoms with Crippen molar-refractivity contribution in [1.29, 1.82) is 0 Å². The van der Waals surface area contributed by atoms with E-state index < -0.39 is 11.9 Å². The predicted octanol–water partition coefficient (Wildman–Crippen LogP) is 1.93. The Morgan fingerprint density at radius 2 is 2.00 bits per heavy atom. The summed E-state index contributed by atoms with van der Waals surface area (Å²) in [5.74, 6) is -0.169. The molecule has 1 amide bonds. The first-order chi connectivity index (χ1) is 10.4. The number of piperidine rings is 1. The summed E-state index contributed by atoms with van der Waals surface area (Å²) in [6, 6.07) is 0.892. The zero-order valence-electron chi connectivity index (χ0n) is 12.6. The van der Waals surface area contributed by atoms with Gasteiger partial charge >= 0.3 is 6.18 Å². The summed E-state index contributed by atoms with van der Waals surface area (Å²) in [6.07, 6.45) is -0.214. The van der Waals surface area contributed by atoms with Gasteiger partial charge in [0.1, 0.15) is 6.54 Å². The smallest absolute Gasteiger partial charge is 0.341 e. The van der Waals surface area contributed by atoms with Crippen LogP contribution in [0.15, 0.2) is 12.3 Å². The van der Waals surface area contributed by atoms with Gasteiger partial charge in [-0.3, -0.25) is 9.48 Å². The van der Waals surface area contributed by atoms with E-state index in [4.69, 9.17) is 0 Å². The van der Waals surface area contributed by atoms with Crippen LogP contribution >= 0.6 is 12.4 Å². The second kappa shape index (κ2) is 6.68. The molecule has 3 heterocycles. The number of rotatable bonds is 2. The van der Waals surface area contributed by atoms with E-state index in [0.717, 1.165) is 43.1 Å². The van der Waals surface area contributed by atoms with E-state index in [1.165, 1.54) is 6.20 Å². The number of alkyl halides is 3. The van der Waals surface area contributed by atoms with E-state index in [2.05, 4.69) is 10.4 Å². The van der Waals surface area contributed by atoms with Crippen molar-refractivity contribution in [2.24, 2.45) is 5.41 Å². The number of aromatic nitrogens is 2. The third-order valence-corrected chi connectivity index (χ3v) is 4.74. The molecule has 1 N–H and O–H groups in total. The van der Waals surface area contributed by atoms with Gasteiger partial charge in [0.25, 0.3) is 0 Å². The maximum atomic E-state index is 12.5. The van der Waals surface area contributed by atoms with Crippen LogP contribution in [0.5, 0.6) is 0 Å². The van der Waals surface area contributed by atoms with Gasteiger partial charge < -0.3 is 10.2 Å². The SMILES string of the molecule is Cl.O=C(Cn1ccc(C(F)(F)F)n1)N1CCC2(CCNC2)CC1. The molecule has 5 nitrogen and oxygen atoms in total. The van der Waals surface area contributed by atoms with E-state index in [1.54, 1.807) is 4.90 Å². The van der Waals surface area contributed by atoms with Crippen molar-refractivity contribution in [3.8, 4) is 0 Å². The second-order valence-electron chi connectivity index (χ2n) is 6.20. The van der Waals surface area contributed by atoms with Gasteiger partial charge in [-0.15, -0.1) is 12.4 Å². The van der Waals surface area contributed by atoms with E-state index in [1.807, 2.05) is 0 Å². The lowest BCUT2D eigenvalue weighted by Crippen LogP contribution is -2.45. The molecule has 2 aliphatic heterocycles. The first-order valence-electron chi connectivity index (χ1n) is 7.47. The lowest BCUT2D eigenvalue weighted by molar-refractivity contribution is -0.142. The van der Waals surface area contributed by atoms with Crippen molar-refractivity contribution in [1.82, 2.24) is 20.0 Å². The molecular formula is C14H20ClF3N4O. The monoisotopic (exact) mass is 352 g/mol. The van der Waals surface area contributed by atoms with Crippen molar-refractivity contribution in [2.45, 2.75) is 32.0 Å². The molecule has 0 atom stereocenters. The third-order valence-electron chi connectivity index (χ3n) is 4.74. The van der Waals surface area contributed by atoms with E-state index in [0.29, 0.717) is 18.5 Å². The van der Waals surface area contributed by atoms with E-state index in [-0.39, 0.29) is 24.9 Å². The number of nitrogens with one attached hydrogen (secondary N) is 1. The Labute approximate surface area is 138 Å². The molecule has 9 heteroatoms. The lowest BCUT2D eigenvalue weighted by atomic mass is 9.78. The average Bonchev–Trinajstić information content (AvgIpc) is 3.09. The quantitative estimate of drug-likeness (QED) is 0.884. The van der Waals surface area contributed by atoms with Crippen LogP contribution < -0.4 is 5.32 Å². The average molecular weight is 353 g/mol. The summed E-state index contributed by atoms with van der Waals surface area (Å²) in [7, 11) is 0. The number of carbonyl (C=O) groups is 1. The molecule has 130 valence electrons. The van der Waals surface area contributed by atoms with Gasteiger partial charge in [0, 0.05) is 25.8 Å². The van der Waals surface area contributed by atoms with Crippen LogP contribution in [-0.2, 0) is 17.5 Å². The number of likely N-dealkylation sites (tertiary alicyclic amines) is 1. The number of nitrogens with zero attached hydrogens (tertiary/aromatic N) is 3. The van der Waals surface area contributed by atoms with Gasteiger partial charge in [-0.05, 0) is 37.3 Å². The maximum absolute atomic E-state index is 12.5. The largest absolute Gasteiger partial charge is 0.435 e. The number of hydrogen-bond acceptors (Lipinski definition) is 3. The fourth-order valence-corrected chi connectivity index (χ4v) is 3.29. The maximum Gasteiger partial charge on any atom is 0.435 e. The zero-order valence-corrected chi connectivity index (χ0v) is 13.4. The molecule has 1 aromatic heterocycles. The number of amides is 1. The third kappa shape index (κ3) is 3.98. The molecular weight excluding hydrogens is 333 g/mol. The van der Waals surface area contributed by atoms with Gasteiger partial charge in [0.2, 0.25) is 5.91 Å². The Morgan fingerprint density at radius 1 is 1.30 bits per heavy atom. The van der Waals surface area contributed by atoms with Gasteiger partial charge in [-0.2, -0.15) is 18.3 Å². The normalized spacial score (nSPS) is 20.6. The first kappa shape index (κ1) is 18.1. The standard InChI is InChI=1S/C14H19F3N4O.ClH/c15-14(16,17)11-1-6-21(19-11)9-12(22)20-7-3-13(4-8-20)2-5-18-10-13;/h1,6,18H,2-5,7-10H2;1H. The highest BCUT2D eigenvalue weighted by molar-refractivity contribution is 5.85. The highest BCUT2D eigenvalue weighted by Gasteiger charge is 2.38. The molecule has 2 saturated heterocycles. The fraction of sp³-hybridized carbons (Fsp3) is 0.714. The van der Waals surface area contributed by atoms with Crippen LogP contribution in [0.1, 0.15) is 25.0 Å². The Bertz CT molecular complexity index is 544. The van der Waals surface area contributed by atoms with Crippen LogP contribution in [0.4, 0.5) is 13.2 Å². The number of halogens is 4. The molecule has 2 aliphatic rings. The molecule has 0 radical (unpaired) electrons. The molecule has 23 heavy (non-hydrogen) atoms. The van der Waals surface area contributed by atoms with Crippen molar-refractivity contribution in [3.63, 3.8) is 0 Å². The van der Waals surface area contributed by atoms with Gasteiger partial charge in [-0.1, -0.05) is 0 Å². The predicted molar refractivity (Wildman–Crippen MR) is 80.2 cm³/mol. The Balaban J connectivity index is 0.00000192. The zero-order chi connectivity index (χ0) is 15.8. The van der Waals surface area contributed by atoms with Gasteiger partial charge in [0.05, 0.1) is 0 Å². The highest BCUT2D eigenvalue weighted by Crippen LogP contribution is 2.36. The first-order valence-corrected chi connectivity index (χ1v) is 7.47. The molecule has 0 unspecified atom stereocenters. The summed E-state index contributed by atoms with van der Waals surface area (Å²) in [4.78, 5) is 13.9. The summed E-state index contributed by atoms with van der Waals surface area (Å²) in [5.41, 5.74) is -0.652. The molecule has 0 aromatic carbocycles. The number of hydrogen-bond donors (Lipinski definition) is 1. The van der Waals surface area contributed by atoms with Gasteiger partial charge in [-0.25, -0.2) is 0 Å². The van der Waals surface area contributed by atoms with Crippen molar-refractivity contribution < 1.29 is 18.0 Å². The minimum absolute atomic E-state index is 0. The Kier molecular flexibility index (Phi) is 5.25. The number of carbonyl (C=O) groups excluding carboxylic acids is 1. The van der Waals surface area contributed by atoms with Crippen LogP contribution in [-0.4, -0.2) is 46.8 Å². The molecule has 0 saturated carbocycles.